The van der Waals surface area contributed by atoms with Gasteiger partial charge in [0.25, 0.3) is 0 Å². The van der Waals surface area contributed by atoms with E-state index in [9.17, 15) is 9.90 Å². The molecule has 132 valence electrons. The number of nitrogens with one attached hydrogen (secondary N) is 1. The van der Waals surface area contributed by atoms with Gasteiger partial charge in [0.2, 0.25) is 0 Å². The zero-order chi connectivity index (χ0) is 17.3. The molecule has 0 aliphatic carbocycles. The fraction of sp³-hybridized carbons (Fsp3) is 0.933. The van der Waals surface area contributed by atoms with Gasteiger partial charge in [0.1, 0.15) is 5.60 Å². The second-order valence-electron chi connectivity index (χ2n) is 6.36. The number of rotatable bonds is 9. The van der Waals surface area contributed by atoms with Gasteiger partial charge >= 0.3 is 6.09 Å². The second-order valence-corrected chi connectivity index (χ2v) is 6.36. The molecule has 0 heterocycles. The number of hydrogen-bond acceptors (Lipinski definition) is 6. The van der Waals surface area contributed by atoms with E-state index in [1.165, 1.54) is 4.90 Å². The van der Waals surface area contributed by atoms with Crippen molar-refractivity contribution in [2.24, 2.45) is 0 Å². The average Bonchev–Trinajstić information content (AvgIpc) is 2.36. The maximum Gasteiger partial charge on any atom is 0.410 e. The molecule has 0 saturated heterocycles. The number of methoxy groups -OCH3 is 2. The summed E-state index contributed by atoms with van der Waals surface area (Å²) < 4.78 is 15.7. The lowest BCUT2D eigenvalue weighted by atomic mass is 10.2. The topological polar surface area (TPSA) is 80.3 Å². The van der Waals surface area contributed by atoms with Crippen molar-refractivity contribution >= 4 is 6.09 Å². The van der Waals surface area contributed by atoms with Gasteiger partial charge < -0.3 is 29.5 Å². The van der Waals surface area contributed by atoms with Crippen molar-refractivity contribution in [2.45, 2.75) is 58.7 Å². The van der Waals surface area contributed by atoms with Crippen LogP contribution in [0.3, 0.4) is 0 Å². The van der Waals surface area contributed by atoms with E-state index in [0.717, 1.165) is 0 Å². The van der Waals surface area contributed by atoms with Crippen LogP contribution < -0.4 is 5.32 Å². The first-order valence-electron chi connectivity index (χ1n) is 7.55. The highest BCUT2D eigenvalue weighted by atomic mass is 16.7. The summed E-state index contributed by atoms with van der Waals surface area (Å²) in [5, 5.41) is 12.8. The van der Waals surface area contributed by atoms with Crippen LogP contribution in [-0.2, 0) is 14.2 Å². The molecule has 0 fully saturated rings. The average molecular weight is 320 g/mol. The SMILES string of the molecule is COC(OC)C(C)NCCN(CC(C)O)C(=O)OC(C)(C)C. The molecule has 0 aromatic heterocycles. The molecule has 0 bridgehead atoms. The molecule has 7 nitrogen and oxygen atoms in total. The summed E-state index contributed by atoms with van der Waals surface area (Å²) in [5.74, 6) is 0. The first-order chi connectivity index (χ1) is 10.1. The predicted octanol–water partition coefficient (Wildman–Crippen LogP) is 1.20. The number of nitrogens with zero attached hydrogens (tertiary/aromatic N) is 1. The lowest BCUT2D eigenvalue weighted by Crippen LogP contribution is -2.46. The van der Waals surface area contributed by atoms with Crippen molar-refractivity contribution in [3.8, 4) is 0 Å². The van der Waals surface area contributed by atoms with Crippen LogP contribution in [0.1, 0.15) is 34.6 Å². The third-order valence-electron chi connectivity index (χ3n) is 2.86. The van der Waals surface area contributed by atoms with Gasteiger partial charge in [-0.1, -0.05) is 0 Å². The normalized spacial score (nSPS) is 14.8. The number of amides is 1. The van der Waals surface area contributed by atoms with Crippen molar-refractivity contribution in [3.05, 3.63) is 0 Å². The Morgan fingerprint density at radius 1 is 1.23 bits per heavy atom. The van der Waals surface area contributed by atoms with Crippen LogP contribution in [0.5, 0.6) is 0 Å². The standard InChI is InChI=1S/C15H32N2O5/c1-11(18)10-17(14(19)22-15(3,4)5)9-8-16-12(2)13(20-6)21-7/h11-13,16,18H,8-10H2,1-7H3. The van der Waals surface area contributed by atoms with Crippen LogP contribution in [0.4, 0.5) is 4.79 Å². The molecule has 2 N–H and O–H groups in total. The molecule has 0 spiro atoms. The van der Waals surface area contributed by atoms with Crippen LogP contribution in [0, 0.1) is 0 Å². The van der Waals surface area contributed by atoms with Gasteiger partial charge in [-0.15, -0.1) is 0 Å². The monoisotopic (exact) mass is 320 g/mol. The van der Waals surface area contributed by atoms with E-state index in [1.807, 2.05) is 27.7 Å². The first kappa shape index (κ1) is 21.1. The van der Waals surface area contributed by atoms with Crippen molar-refractivity contribution in [3.63, 3.8) is 0 Å². The van der Waals surface area contributed by atoms with Gasteiger partial charge in [-0.25, -0.2) is 4.79 Å². The highest BCUT2D eigenvalue weighted by molar-refractivity contribution is 5.68. The summed E-state index contributed by atoms with van der Waals surface area (Å²) in [6.07, 6.45) is -1.40. The lowest BCUT2D eigenvalue weighted by Gasteiger charge is -2.29. The van der Waals surface area contributed by atoms with Crippen LogP contribution in [0.25, 0.3) is 0 Å². The number of carbonyl (C=O) groups is 1. The third-order valence-corrected chi connectivity index (χ3v) is 2.86. The van der Waals surface area contributed by atoms with E-state index in [2.05, 4.69) is 5.32 Å². The third kappa shape index (κ3) is 9.19. The smallest absolute Gasteiger partial charge is 0.410 e. The minimum absolute atomic E-state index is 0.0259. The Labute approximate surface area is 133 Å². The van der Waals surface area contributed by atoms with Crippen LogP contribution in [0.2, 0.25) is 0 Å². The largest absolute Gasteiger partial charge is 0.444 e. The zero-order valence-electron chi connectivity index (χ0n) is 14.9. The zero-order valence-corrected chi connectivity index (χ0v) is 14.9. The number of aliphatic hydroxyl groups is 1. The molecule has 22 heavy (non-hydrogen) atoms. The number of hydrogen-bond donors (Lipinski definition) is 2. The summed E-state index contributed by atoms with van der Waals surface area (Å²) in [5.41, 5.74) is -0.564. The molecule has 7 heteroatoms. The second kappa shape index (κ2) is 9.99. The number of ether oxygens (including phenoxy) is 3. The molecule has 0 rings (SSSR count). The molecular formula is C15H32N2O5. The first-order valence-corrected chi connectivity index (χ1v) is 7.55. The maximum atomic E-state index is 12.1. The van der Waals surface area contributed by atoms with Gasteiger partial charge in [0.15, 0.2) is 6.29 Å². The fourth-order valence-electron chi connectivity index (χ4n) is 1.93. The number of carbonyl (C=O) groups excluding carboxylic acids is 1. The van der Waals surface area contributed by atoms with Gasteiger partial charge in [0.05, 0.1) is 12.1 Å². The fourth-order valence-corrected chi connectivity index (χ4v) is 1.93. The highest BCUT2D eigenvalue weighted by Gasteiger charge is 2.23. The molecule has 0 aliphatic heterocycles. The summed E-state index contributed by atoms with van der Waals surface area (Å²) >= 11 is 0. The molecule has 0 aromatic rings. The molecule has 0 saturated carbocycles. The van der Waals surface area contributed by atoms with E-state index >= 15 is 0 Å². The van der Waals surface area contributed by atoms with E-state index in [1.54, 1.807) is 21.1 Å². The molecule has 0 aromatic carbocycles. The summed E-state index contributed by atoms with van der Waals surface area (Å²) in [6, 6.07) is -0.0259. The molecular weight excluding hydrogens is 288 g/mol. The van der Waals surface area contributed by atoms with Crippen LogP contribution >= 0.6 is 0 Å². The summed E-state index contributed by atoms with van der Waals surface area (Å²) in [4.78, 5) is 13.6. The highest BCUT2D eigenvalue weighted by Crippen LogP contribution is 2.10. The van der Waals surface area contributed by atoms with Crippen molar-refractivity contribution in [2.75, 3.05) is 33.9 Å². The quantitative estimate of drug-likeness (QED) is 0.622. The molecule has 1 amide bonds. The van der Waals surface area contributed by atoms with Gasteiger partial charge in [-0.05, 0) is 34.6 Å². The Kier molecular flexibility index (Phi) is 9.59. The Balaban J connectivity index is 4.45. The van der Waals surface area contributed by atoms with Crippen LogP contribution in [0.15, 0.2) is 0 Å². The van der Waals surface area contributed by atoms with E-state index in [0.29, 0.717) is 13.1 Å². The molecule has 2 unspecified atom stereocenters. The molecule has 0 aliphatic rings. The minimum atomic E-state index is -0.615. The Morgan fingerprint density at radius 3 is 2.18 bits per heavy atom. The van der Waals surface area contributed by atoms with Gasteiger partial charge in [0, 0.05) is 33.9 Å². The lowest BCUT2D eigenvalue weighted by molar-refractivity contribution is -0.119. The summed E-state index contributed by atoms with van der Waals surface area (Å²) in [6.45, 7) is 10.2. The molecule has 0 radical (unpaired) electrons. The van der Waals surface area contributed by atoms with Gasteiger partial charge in [-0.2, -0.15) is 0 Å². The minimum Gasteiger partial charge on any atom is -0.444 e. The van der Waals surface area contributed by atoms with E-state index in [4.69, 9.17) is 14.2 Å². The van der Waals surface area contributed by atoms with Crippen molar-refractivity contribution in [1.29, 1.82) is 0 Å². The Morgan fingerprint density at radius 2 is 1.77 bits per heavy atom. The Hall–Kier alpha value is -0.890. The van der Waals surface area contributed by atoms with E-state index < -0.39 is 17.8 Å². The Bertz CT molecular complexity index is 314. The predicted molar refractivity (Wildman–Crippen MR) is 84.8 cm³/mol. The summed E-state index contributed by atoms with van der Waals surface area (Å²) in [7, 11) is 3.15. The van der Waals surface area contributed by atoms with Crippen molar-refractivity contribution in [1.82, 2.24) is 10.2 Å². The maximum absolute atomic E-state index is 12.1. The molecule has 2 atom stereocenters. The van der Waals surface area contributed by atoms with E-state index in [-0.39, 0.29) is 18.9 Å². The van der Waals surface area contributed by atoms with Crippen LogP contribution in [-0.4, -0.2) is 74.0 Å². The van der Waals surface area contributed by atoms with Gasteiger partial charge in [-0.3, -0.25) is 0 Å². The van der Waals surface area contributed by atoms with Crippen molar-refractivity contribution < 1.29 is 24.1 Å². The number of aliphatic hydroxyl groups excluding tert-OH is 1.